The zero-order valence-electron chi connectivity index (χ0n) is 19.6. The number of aliphatic hydroxyl groups excluding tert-OH is 1. The standard InChI is InChI=1S/C27H21FN2O5S/c1-14-7-12-18-20(13-14)36-27(29-18)30-22(17-5-4-6-19(34-2)25(17)35-3)21(24(32)26(30)33)23(31)15-8-10-16(28)11-9-15/h4-13,22,31H,1-3H3/b23-21+. The van der Waals surface area contributed by atoms with Crippen molar-refractivity contribution in [1.29, 1.82) is 0 Å². The summed E-state index contributed by atoms with van der Waals surface area (Å²) < 4.78 is 25.4. The molecule has 2 heterocycles. The zero-order chi connectivity index (χ0) is 25.6. The summed E-state index contributed by atoms with van der Waals surface area (Å²) in [5.41, 5.74) is 2.17. The fourth-order valence-electron chi connectivity index (χ4n) is 4.34. The van der Waals surface area contributed by atoms with Gasteiger partial charge in [0.1, 0.15) is 17.6 Å². The van der Waals surface area contributed by atoms with Crippen LogP contribution in [0.2, 0.25) is 0 Å². The van der Waals surface area contributed by atoms with Crippen LogP contribution < -0.4 is 14.4 Å². The average molecular weight is 505 g/mol. The van der Waals surface area contributed by atoms with Gasteiger partial charge in [-0.2, -0.15) is 0 Å². The van der Waals surface area contributed by atoms with Gasteiger partial charge in [-0.15, -0.1) is 0 Å². The van der Waals surface area contributed by atoms with E-state index >= 15 is 0 Å². The molecule has 0 spiro atoms. The minimum absolute atomic E-state index is 0.159. The number of nitrogens with zero attached hydrogens (tertiary/aromatic N) is 2. The summed E-state index contributed by atoms with van der Waals surface area (Å²) in [6, 6.07) is 14.8. The molecule has 1 aromatic heterocycles. The molecule has 1 aliphatic heterocycles. The quantitative estimate of drug-likeness (QED) is 0.223. The van der Waals surface area contributed by atoms with E-state index in [4.69, 9.17) is 9.47 Å². The highest BCUT2D eigenvalue weighted by atomic mass is 32.1. The van der Waals surface area contributed by atoms with Crippen LogP contribution in [0.15, 0.2) is 66.2 Å². The third-order valence-corrected chi connectivity index (χ3v) is 7.05. The molecule has 1 atom stereocenters. The van der Waals surface area contributed by atoms with Crippen LogP contribution in [0.5, 0.6) is 11.5 Å². The van der Waals surface area contributed by atoms with Crippen LogP contribution in [0.1, 0.15) is 22.7 Å². The zero-order valence-corrected chi connectivity index (χ0v) is 20.4. The molecule has 36 heavy (non-hydrogen) atoms. The van der Waals surface area contributed by atoms with Gasteiger partial charge in [0.2, 0.25) is 0 Å². The highest BCUT2D eigenvalue weighted by Gasteiger charge is 2.49. The number of para-hydroxylation sites is 1. The number of halogens is 1. The van der Waals surface area contributed by atoms with E-state index in [2.05, 4.69) is 4.98 Å². The Morgan fingerprint density at radius 3 is 2.50 bits per heavy atom. The average Bonchev–Trinajstić information content (AvgIpc) is 3.40. The van der Waals surface area contributed by atoms with Crippen LogP contribution in [0, 0.1) is 12.7 Å². The van der Waals surface area contributed by atoms with Gasteiger partial charge >= 0.3 is 5.91 Å². The number of fused-ring (bicyclic) bond motifs is 1. The van der Waals surface area contributed by atoms with Crippen molar-refractivity contribution in [1.82, 2.24) is 4.98 Å². The van der Waals surface area contributed by atoms with Crippen molar-refractivity contribution in [3.63, 3.8) is 0 Å². The summed E-state index contributed by atoms with van der Waals surface area (Å²) in [7, 11) is 2.93. The van der Waals surface area contributed by atoms with Crippen molar-refractivity contribution in [3.8, 4) is 11.5 Å². The third kappa shape index (κ3) is 3.77. The number of aliphatic hydroxyl groups is 1. The fourth-order valence-corrected chi connectivity index (χ4v) is 5.43. The smallest absolute Gasteiger partial charge is 0.301 e. The molecule has 1 N–H and O–H groups in total. The number of hydrogen-bond acceptors (Lipinski definition) is 7. The normalized spacial score (nSPS) is 17.1. The molecule has 1 unspecified atom stereocenters. The maximum absolute atomic E-state index is 13.5. The Kier molecular flexibility index (Phi) is 5.93. The molecule has 0 saturated carbocycles. The molecule has 4 aromatic rings. The summed E-state index contributed by atoms with van der Waals surface area (Å²) in [5, 5.41) is 11.5. The van der Waals surface area contributed by atoms with Gasteiger partial charge < -0.3 is 14.6 Å². The van der Waals surface area contributed by atoms with E-state index < -0.39 is 29.3 Å². The van der Waals surface area contributed by atoms with Crippen LogP contribution in [-0.2, 0) is 9.59 Å². The predicted molar refractivity (Wildman–Crippen MR) is 135 cm³/mol. The van der Waals surface area contributed by atoms with Crippen LogP contribution in [0.4, 0.5) is 9.52 Å². The Morgan fingerprint density at radius 1 is 1.06 bits per heavy atom. The van der Waals surface area contributed by atoms with Crippen LogP contribution in [0.3, 0.4) is 0 Å². The molecular formula is C27H21FN2O5S. The number of anilines is 1. The first-order valence-electron chi connectivity index (χ1n) is 11.0. The van der Waals surface area contributed by atoms with E-state index in [1.165, 1.54) is 54.7 Å². The molecule has 1 aliphatic rings. The van der Waals surface area contributed by atoms with Crippen molar-refractivity contribution >= 4 is 44.1 Å². The Hall–Kier alpha value is -4.24. The van der Waals surface area contributed by atoms with Gasteiger partial charge in [-0.1, -0.05) is 29.5 Å². The van der Waals surface area contributed by atoms with E-state index in [0.29, 0.717) is 27.7 Å². The summed E-state index contributed by atoms with van der Waals surface area (Å²) in [6.07, 6.45) is 0. The molecule has 0 aliphatic carbocycles. The van der Waals surface area contributed by atoms with Gasteiger partial charge in [0.15, 0.2) is 16.6 Å². The Balaban J connectivity index is 1.79. The summed E-state index contributed by atoms with van der Waals surface area (Å²) >= 11 is 1.26. The number of ketones is 1. The number of carbonyl (C=O) groups excluding carboxylic acids is 2. The van der Waals surface area contributed by atoms with E-state index in [-0.39, 0.29) is 11.1 Å². The highest BCUT2D eigenvalue weighted by molar-refractivity contribution is 7.22. The molecule has 7 nitrogen and oxygen atoms in total. The third-order valence-electron chi connectivity index (χ3n) is 6.03. The van der Waals surface area contributed by atoms with Crippen LogP contribution in [0.25, 0.3) is 16.0 Å². The number of carbonyl (C=O) groups is 2. The number of amides is 1. The maximum atomic E-state index is 13.5. The van der Waals surface area contributed by atoms with E-state index in [9.17, 15) is 19.1 Å². The lowest BCUT2D eigenvalue weighted by atomic mass is 9.94. The van der Waals surface area contributed by atoms with Crippen LogP contribution in [-0.4, -0.2) is 36.0 Å². The van der Waals surface area contributed by atoms with Gasteiger partial charge in [0.25, 0.3) is 5.78 Å². The van der Waals surface area contributed by atoms with Gasteiger partial charge in [-0.3, -0.25) is 14.5 Å². The largest absolute Gasteiger partial charge is 0.507 e. The molecule has 0 bridgehead atoms. The highest BCUT2D eigenvalue weighted by Crippen LogP contribution is 2.48. The number of rotatable bonds is 5. The minimum atomic E-state index is -1.07. The second kappa shape index (κ2) is 9.09. The second-order valence-corrected chi connectivity index (χ2v) is 9.24. The van der Waals surface area contributed by atoms with E-state index in [0.717, 1.165) is 10.3 Å². The number of benzene rings is 3. The van der Waals surface area contributed by atoms with Crippen molar-refractivity contribution in [2.24, 2.45) is 0 Å². The molecule has 1 amide bonds. The SMILES string of the molecule is COc1cccc(C2/C(=C(\O)c3ccc(F)cc3)C(=O)C(=O)N2c2nc3ccc(C)cc3s2)c1OC. The number of aromatic nitrogens is 1. The topological polar surface area (TPSA) is 89.0 Å². The first-order chi connectivity index (χ1) is 17.3. The lowest BCUT2D eigenvalue weighted by Gasteiger charge is -2.25. The minimum Gasteiger partial charge on any atom is -0.507 e. The monoisotopic (exact) mass is 504 g/mol. The Morgan fingerprint density at radius 2 is 1.81 bits per heavy atom. The van der Waals surface area contributed by atoms with Crippen molar-refractivity contribution in [3.05, 3.63) is 88.7 Å². The number of methoxy groups -OCH3 is 2. The lowest BCUT2D eigenvalue weighted by molar-refractivity contribution is -0.132. The van der Waals surface area contributed by atoms with Gasteiger partial charge in [0.05, 0.1) is 30.0 Å². The van der Waals surface area contributed by atoms with Crippen molar-refractivity contribution in [2.45, 2.75) is 13.0 Å². The molecular weight excluding hydrogens is 483 g/mol. The predicted octanol–water partition coefficient (Wildman–Crippen LogP) is 5.39. The van der Waals surface area contributed by atoms with Crippen LogP contribution >= 0.6 is 11.3 Å². The lowest BCUT2D eigenvalue weighted by Crippen LogP contribution is -2.29. The fraction of sp³-hybridized carbons (Fsp3) is 0.148. The van der Waals surface area contributed by atoms with Gasteiger partial charge in [-0.25, -0.2) is 9.37 Å². The summed E-state index contributed by atoms with van der Waals surface area (Å²) in [5.74, 6) is -1.96. The first kappa shape index (κ1) is 23.5. The number of ether oxygens (including phenoxy) is 2. The molecule has 182 valence electrons. The molecule has 1 fully saturated rings. The molecule has 1 saturated heterocycles. The van der Waals surface area contributed by atoms with E-state index in [1.807, 2.05) is 25.1 Å². The van der Waals surface area contributed by atoms with E-state index in [1.54, 1.807) is 18.2 Å². The van der Waals surface area contributed by atoms with Crippen molar-refractivity contribution in [2.75, 3.05) is 19.1 Å². The summed E-state index contributed by atoms with van der Waals surface area (Å²) in [4.78, 5) is 32.7. The number of aryl methyl sites for hydroxylation is 1. The van der Waals surface area contributed by atoms with Crippen molar-refractivity contribution < 1.29 is 28.6 Å². The van der Waals surface area contributed by atoms with Gasteiger partial charge in [-0.05, 0) is 55.0 Å². The molecule has 3 aromatic carbocycles. The number of hydrogen-bond donors (Lipinski definition) is 1. The summed E-state index contributed by atoms with van der Waals surface area (Å²) in [6.45, 7) is 1.95. The second-order valence-electron chi connectivity index (χ2n) is 8.23. The molecule has 5 rings (SSSR count). The molecule has 0 radical (unpaired) electrons. The Labute approximate surface area is 210 Å². The first-order valence-corrected chi connectivity index (χ1v) is 11.8. The number of thiazole rings is 1. The molecule has 9 heteroatoms. The number of Topliss-reactive ketones (excluding diaryl/α,β-unsaturated/α-hetero) is 1. The maximum Gasteiger partial charge on any atom is 0.301 e. The van der Waals surface area contributed by atoms with Gasteiger partial charge in [0, 0.05) is 11.1 Å². The Bertz CT molecular complexity index is 1540.